The quantitative estimate of drug-likeness (QED) is 0.547. The van der Waals surface area contributed by atoms with Gasteiger partial charge in [0.25, 0.3) is 0 Å². The molecule has 2 aromatic carbocycles. The lowest BCUT2D eigenvalue weighted by Crippen LogP contribution is -2.27. The van der Waals surface area contributed by atoms with Gasteiger partial charge in [0.05, 0.1) is 18.5 Å². The molecule has 0 unspecified atom stereocenters. The molecule has 0 aliphatic rings. The van der Waals surface area contributed by atoms with Crippen LogP contribution in [0.25, 0.3) is 6.08 Å². The molecule has 0 fully saturated rings. The Balaban J connectivity index is 2.13. The Morgan fingerprint density at radius 2 is 1.72 bits per heavy atom. The molecule has 0 aliphatic heterocycles. The molecule has 2 rings (SSSR count). The Bertz CT molecular complexity index is 1000. The van der Waals surface area contributed by atoms with Crippen molar-refractivity contribution < 1.29 is 37.0 Å². The Morgan fingerprint density at radius 1 is 1.00 bits per heavy atom. The third-order valence-corrected chi connectivity index (χ3v) is 3.71. The molecule has 0 saturated carbocycles. The highest BCUT2D eigenvalue weighted by Crippen LogP contribution is 2.30. The van der Waals surface area contributed by atoms with Crippen molar-refractivity contribution in [3.8, 4) is 11.5 Å². The molecule has 2 aromatic rings. The number of hydrogen-bond donors (Lipinski definition) is 2. The molecule has 7 nitrogen and oxygen atoms in total. The standard InChI is InChI=1S/C22H23F3N2O5/c1-22(2,3)32-21(29)27-15-8-7-14(23)12-16(15)26-19(28)10-6-13-5-9-17(31-20(24)25)18(11-13)30-4/h5-12,20H,1-4H3,(H,26,28)(H,27,29)/b10-6+. The van der Waals surface area contributed by atoms with Gasteiger partial charge in [-0.1, -0.05) is 6.07 Å². The minimum atomic E-state index is -3.01. The highest BCUT2D eigenvalue weighted by Gasteiger charge is 2.18. The minimum Gasteiger partial charge on any atom is -0.493 e. The second-order valence-electron chi connectivity index (χ2n) is 7.43. The van der Waals surface area contributed by atoms with Crippen LogP contribution >= 0.6 is 0 Å². The Morgan fingerprint density at radius 3 is 2.34 bits per heavy atom. The first-order chi connectivity index (χ1) is 15.0. The van der Waals surface area contributed by atoms with Crippen LogP contribution in [-0.2, 0) is 9.53 Å². The molecule has 0 radical (unpaired) electrons. The molecule has 10 heteroatoms. The van der Waals surface area contributed by atoms with Gasteiger partial charge in [-0.15, -0.1) is 0 Å². The second kappa shape index (κ2) is 10.6. The van der Waals surface area contributed by atoms with Crippen LogP contribution in [0.4, 0.5) is 29.3 Å². The van der Waals surface area contributed by atoms with Crippen LogP contribution in [0.15, 0.2) is 42.5 Å². The highest BCUT2D eigenvalue weighted by atomic mass is 19.3. The van der Waals surface area contributed by atoms with E-state index in [0.717, 1.165) is 18.2 Å². The van der Waals surface area contributed by atoms with E-state index in [0.29, 0.717) is 5.56 Å². The van der Waals surface area contributed by atoms with Gasteiger partial charge in [0.1, 0.15) is 11.4 Å². The van der Waals surface area contributed by atoms with Crippen LogP contribution in [0.5, 0.6) is 11.5 Å². The number of alkyl halides is 2. The molecule has 0 bridgehead atoms. The van der Waals surface area contributed by atoms with E-state index in [1.165, 1.54) is 37.5 Å². The predicted octanol–water partition coefficient (Wildman–Crippen LogP) is 5.43. The summed E-state index contributed by atoms with van der Waals surface area (Å²) >= 11 is 0. The van der Waals surface area contributed by atoms with Crippen molar-refractivity contribution in [1.82, 2.24) is 0 Å². The molecule has 0 saturated heterocycles. The fourth-order valence-corrected chi connectivity index (χ4v) is 2.47. The number of benzene rings is 2. The number of carbonyl (C=O) groups is 2. The van der Waals surface area contributed by atoms with E-state index in [4.69, 9.17) is 9.47 Å². The first kappa shape index (κ1) is 24.6. The minimum absolute atomic E-state index is 0.0174. The van der Waals surface area contributed by atoms with Gasteiger partial charge in [-0.05, 0) is 62.7 Å². The monoisotopic (exact) mass is 452 g/mol. The molecule has 172 valence electrons. The van der Waals surface area contributed by atoms with Crippen molar-refractivity contribution >= 4 is 29.5 Å². The van der Waals surface area contributed by atoms with Gasteiger partial charge >= 0.3 is 12.7 Å². The lowest BCUT2D eigenvalue weighted by atomic mass is 10.2. The summed E-state index contributed by atoms with van der Waals surface area (Å²) in [6.45, 7) is 2.05. The third kappa shape index (κ3) is 7.86. The molecule has 0 aromatic heterocycles. The van der Waals surface area contributed by atoms with Gasteiger partial charge in [0.2, 0.25) is 5.91 Å². The average Bonchev–Trinajstić information content (AvgIpc) is 2.67. The molecular formula is C22H23F3N2O5. The summed E-state index contributed by atoms with van der Waals surface area (Å²) in [4.78, 5) is 24.3. The zero-order chi connectivity index (χ0) is 23.9. The van der Waals surface area contributed by atoms with Crippen molar-refractivity contribution in [1.29, 1.82) is 0 Å². The molecule has 0 aliphatic carbocycles. The molecule has 32 heavy (non-hydrogen) atoms. The number of amides is 2. The lowest BCUT2D eigenvalue weighted by molar-refractivity contribution is -0.111. The van der Waals surface area contributed by atoms with E-state index >= 15 is 0 Å². The first-order valence-corrected chi connectivity index (χ1v) is 9.38. The van der Waals surface area contributed by atoms with Crippen LogP contribution in [0.2, 0.25) is 0 Å². The number of nitrogens with one attached hydrogen (secondary N) is 2. The Labute approximate surface area is 183 Å². The van der Waals surface area contributed by atoms with E-state index in [1.54, 1.807) is 20.8 Å². The number of halogens is 3. The fourth-order valence-electron chi connectivity index (χ4n) is 2.47. The predicted molar refractivity (Wildman–Crippen MR) is 114 cm³/mol. The van der Waals surface area contributed by atoms with Crippen molar-refractivity contribution in [2.24, 2.45) is 0 Å². The third-order valence-electron chi connectivity index (χ3n) is 3.71. The van der Waals surface area contributed by atoms with Gasteiger partial charge in [0, 0.05) is 6.08 Å². The number of rotatable bonds is 7. The summed E-state index contributed by atoms with van der Waals surface area (Å²) in [7, 11) is 1.29. The van der Waals surface area contributed by atoms with Crippen LogP contribution < -0.4 is 20.1 Å². The van der Waals surface area contributed by atoms with E-state index in [9.17, 15) is 22.8 Å². The SMILES string of the molecule is COc1cc(/C=C/C(=O)Nc2cc(F)ccc2NC(=O)OC(C)(C)C)ccc1OC(F)F. The second-order valence-corrected chi connectivity index (χ2v) is 7.43. The van der Waals surface area contributed by atoms with Gasteiger partial charge in [-0.2, -0.15) is 8.78 Å². The maximum Gasteiger partial charge on any atom is 0.412 e. The normalized spacial score (nSPS) is 11.4. The van der Waals surface area contributed by atoms with Gasteiger partial charge < -0.3 is 19.5 Å². The Kier molecular flexibility index (Phi) is 8.11. The zero-order valence-electron chi connectivity index (χ0n) is 17.9. The zero-order valence-corrected chi connectivity index (χ0v) is 17.9. The fraction of sp³-hybridized carbons (Fsp3) is 0.273. The van der Waals surface area contributed by atoms with Crippen molar-refractivity contribution in [3.63, 3.8) is 0 Å². The number of carbonyl (C=O) groups excluding carboxylic acids is 2. The highest BCUT2D eigenvalue weighted by molar-refractivity contribution is 6.05. The molecular weight excluding hydrogens is 429 g/mol. The number of anilines is 2. The Hall–Kier alpha value is -3.69. The number of ether oxygens (including phenoxy) is 3. The molecule has 0 spiro atoms. The number of hydrogen-bond acceptors (Lipinski definition) is 5. The first-order valence-electron chi connectivity index (χ1n) is 9.38. The summed E-state index contributed by atoms with van der Waals surface area (Å²) in [6, 6.07) is 7.56. The van der Waals surface area contributed by atoms with Gasteiger partial charge in [-0.25, -0.2) is 9.18 Å². The summed E-state index contributed by atoms with van der Waals surface area (Å²) in [5.41, 5.74) is -0.126. The van der Waals surface area contributed by atoms with Crippen LogP contribution in [0, 0.1) is 5.82 Å². The van der Waals surface area contributed by atoms with Crippen molar-refractivity contribution in [2.75, 3.05) is 17.7 Å². The summed E-state index contributed by atoms with van der Waals surface area (Å²) in [5, 5.41) is 4.92. The van der Waals surface area contributed by atoms with E-state index in [2.05, 4.69) is 15.4 Å². The maximum absolute atomic E-state index is 13.7. The molecule has 0 heterocycles. The van der Waals surface area contributed by atoms with Crippen LogP contribution in [0.1, 0.15) is 26.3 Å². The van der Waals surface area contributed by atoms with Gasteiger partial charge in [0.15, 0.2) is 11.5 Å². The largest absolute Gasteiger partial charge is 0.493 e. The summed E-state index contributed by atoms with van der Waals surface area (Å²) in [5.74, 6) is -1.35. The van der Waals surface area contributed by atoms with Crippen molar-refractivity contribution in [2.45, 2.75) is 33.0 Å². The average molecular weight is 452 g/mol. The molecule has 2 N–H and O–H groups in total. The maximum atomic E-state index is 13.7. The van der Waals surface area contributed by atoms with Gasteiger partial charge in [-0.3, -0.25) is 10.1 Å². The molecule has 2 amide bonds. The number of methoxy groups -OCH3 is 1. The lowest BCUT2D eigenvalue weighted by Gasteiger charge is -2.20. The smallest absolute Gasteiger partial charge is 0.412 e. The van der Waals surface area contributed by atoms with E-state index in [-0.39, 0.29) is 22.9 Å². The van der Waals surface area contributed by atoms with E-state index < -0.39 is 30.0 Å². The van der Waals surface area contributed by atoms with E-state index in [1.807, 2.05) is 0 Å². The molecule has 0 atom stereocenters. The topological polar surface area (TPSA) is 85.9 Å². The van der Waals surface area contributed by atoms with Crippen molar-refractivity contribution in [3.05, 3.63) is 53.9 Å². The summed E-state index contributed by atoms with van der Waals surface area (Å²) < 4.78 is 53.0. The van der Waals surface area contributed by atoms with Crippen LogP contribution in [-0.4, -0.2) is 31.3 Å². The summed E-state index contributed by atoms with van der Waals surface area (Å²) in [6.07, 6.45) is 1.77. The van der Waals surface area contributed by atoms with Crippen LogP contribution in [0.3, 0.4) is 0 Å².